The number of benzene rings is 1. The Morgan fingerprint density at radius 3 is 2.70 bits per heavy atom. The van der Waals surface area contributed by atoms with Crippen LogP contribution >= 0.6 is 12.4 Å². The van der Waals surface area contributed by atoms with E-state index in [9.17, 15) is 13.2 Å². The molecule has 8 heteroatoms. The van der Waals surface area contributed by atoms with Gasteiger partial charge in [-0.25, -0.2) is 17.9 Å². The molecule has 1 aromatic rings. The summed E-state index contributed by atoms with van der Waals surface area (Å²) >= 11 is 0. The second-order valence-electron chi connectivity index (χ2n) is 5.11. The van der Waals surface area contributed by atoms with Crippen molar-refractivity contribution < 1.29 is 17.9 Å². The smallest absolute Gasteiger partial charge is 0.338 e. The van der Waals surface area contributed by atoms with Crippen LogP contribution in [0.15, 0.2) is 34.7 Å². The van der Waals surface area contributed by atoms with E-state index in [1.54, 1.807) is 6.92 Å². The summed E-state index contributed by atoms with van der Waals surface area (Å²) in [5.41, 5.74) is 2.00. The number of sulfonamides is 1. The third kappa shape index (κ3) is 5.04. The lowest BCUT2D eigenvalue weighted by atomic mass is 10.1. The van der Waals surface area contributed by atoms with E-state index in [0.29, 0.717) is 17.7 Å². The molecule has 2 rings (SSSR count). The zero-order valence-electron chi connectivity index (χ0n) is 13.1. The average molecular weight is 361 g/mol. The predicted molar refractivity (Wildman–Crippen MR) is 90.5 cm³/mol. The average Bonchev–Trinajstić information content (AvgIpc) is 2.53. The Labute approximate surface area is 142 Å². The maximum atomic E-state index is 12.3. The topological polar surface area (TPSA) is 84.5 Å². The first-order valence-electron chi connectivity index (χ1n) is 7.01. The summed E-state index contributed by atoms with van der Waals surface area (Å²) in [5.74, 6) is -0.478. The highest BCUT2D eigenvalue weighted by Gasteiger charge is 2.18. The normalized spacial score (nSPS) is 14.6. The van der Waals surface area contributed by atoms with Crippen LogP contribution in [0.5, 0.6) is 0 Å². The molecule has 1 aliphatic rings. The molecule has 1 heterocycles. The Morgan fingerprint density at radius 1 is 1.39 bits per heavy atom. The summed E-state index contributed by atoms with van der Waals surface area (Å²) in [7, 11) is -2.30. The molecule has 0 unspecified atom stereocenters. The first-order chi connectivity index (χ1) is 10.4. The first kappa shape index (κ1) is 19.6. The van der Waals surface area contributed by atoms with Crippen LogP contribution in [0.3, 0.4) is 0 Å². The molecule has 1 aliphatic heterocycles. The molecule has 0 fully saturated rings. The van der Waals surface area contributed by atoms with E-state index in [-0.39, 0.29) is 17.3 Å². The summed E-state index contributed by atoms with van der Waals surface area (Å²) in [6, 6.07) is 4.36. The SMILES string of the molecule is COC(=O)c1ccc(S(=O)(=O)NCC2=CCNCC2)cc1C.Cl. The minimum absolute atomic E-state index is 0. The highest BCUT2D eigenvalue weighted by Crippen LogP contribution is 2.16. The minimum atomic E-state index is -3.59. The third-order valence-electron chi connectivity index (χ3n) is 3.56. The third-order valence-corrected chi connectivity index (χ3v) is 4.96. The summed E-state index contributed by atoms with van der Waals surface area (Å²) in [6.45, 7) is 3.62. The van der Waals surface area contributed by atoms with Gasteiger partial charge in [0.15, 0.2) is 0 Å². The lowest BCUT2D eigenvalue weighted by Gasteiger charge is -2.15. The molecule has 6 nitrogen and oxygen atoms in total. The highest BCUT2D eigenvalue weighted by atomic mass is 35.5. The Balaban J connectivity index is 0.00000264. The van der Waals surface area contributed by atoms with Gasteiger partial charge >= 0.3 is 5.97 Å². The van der Waals surface area contributed by atoms with Crippen LogP contribution in [0.4, 0.5) is 0 Å². The first-order valence-corrected chi connectivity index (χ1v) is 8.49. The Kier molecular flexibility index (Phi) is 7.21. The van der Waals surface area contributed by atoms with Gasteiger partial charge in [-0.3, -0.25) is 0 Å². The number of methoxy groups -OCH3 is 1. The molecular weight excluding hydrogens is 340 g/mol. The van der Waals surface area contributed by atoms with Crippen molar-refractivity contribution in [1.82, 2.24) is 10.0 Å². The molecule has 0 atom stereocenters. The molecular formula is C15H21ClN2O4S. The van der Waals surface area contributed by atoms with E-state index in [2.05, 4.69) is 14.8 Å². The van der Waals surface area contributed by atoms with Crippen molar-refractivity contribution in [3.8, 4) is 0 Å². The lowest BCUT2D eigenvalue weighted by Crippen LogP contribution is -2.29. The van der Waals surface area contributed by atoms with E-state index < -0.39 is 16.0 Å². The molecule has 0 aliphatic carbocycles. The Morgan fingerprint density at radius 2 is 2.13 bits per heavy atom. The maximum Gasteiger partial charge on any atom is 0.338 e. The molecule has 0 bridgehead atoms. The van der Waals surface area contributed by atoms with Crippen LogP contribution in [0, 0.1) is 6.92 Å². The molecule has 0 saturated heterocycles. The van der Waals surface area contributed by atoms with Crippen LogP contribution in [-0.2, 0) is 14.8 Å². The molecule has 0 radical (unpaired) electrons. The standard InChI is InChI=1S/C15H20N2O4S.ClH/c1-11-9-13(3-4-14(11)15(18)21-2)22(19,20)17-10-12-5-7-16-8-6-12;/h3-5,9,16-17H,6-8,10H2,1-2H3;1H. The van der Waals surface area contributed by atoms with Gasteiger partial charge in [-0.05, 0) is 43.7 Å². The molecule has 23 heavy (non-hydrogen) atoms. The number of nitrogens with one attached hydrogen (secondary N) is 2. The number of carbonyl (C=O) groups is 1. The monoisotopic (exact) mass is 360 g/mol. The minimum Gasteiger partial charge on any atom is -0.465 e. The van der Waals surface area contributed by atoms with Crippen molar-refractivity contribution in [3.05, 3.63) is 41.0 Å². The van der Waals surface area contributed by atoms with Crippen LogP contribution in [-0.4, -0.2) is 41.1 Å². The van der Waals surface area contributed by atoms with Gasteiger partial charge in [0.1, 0.15) is 0 Å². The lowest BCUT2D eigenvalue weighted by molar-refractivity contribution is 0.0600. The second-order valence-corrected chi connectivity index (χ2v) is 6.88. The molecule has 0 amide bonds. The van der Waals surface area contributed by atoms with Crippen molar-refractivity contribution in [3.63, 3.8) is 0 Å². The summed E-state index contributed by atoms with van der Waals surface area (Å²) in [4.78, 5) is 11.7. The van der Waals surface area contributed by atoms with Crippen LogP contribution in [0.2, 0.25) is 0 Å². The van der Waals surface area contributed by atoms with Crippen molar-refractivity contribution >= 4 is 28.4 Å². The number of carbonyl (C=O) groups excluding carboxylic acids is 1. The number of esters is 1. The number of aryl methyl sites for hydroxylation is 1. The van der Waals surface area contributed by atoms with Gasteiger partial charge in [0.25, 0.3) is 0 Å². The maximum absolute atomic E-state index is 12.3. The van der Waals surface area contributed by atoms with Crippen molar-refractivity contribution in [2.24, 2.45) is 0 Å². The van der Waals surface area contributed by atoms with Gasteiger partial charge in [-0.1, -0.05) is 11.6 Å². The fourth-order valence-electron chi connectivity index (χ4n) is 2.24. The zero-order chi connectivity index (χ0) is 16.2. The quantitative estimate of drug-likeness (QED) is 0.612. The predicted octanol–water partition coefficient (Wildman–Crippen LogP) is 1.40. The number of hydrogen-bond acceptors (Lipinski definition) is 5. The number of hydrogen-bond donors (Lipinski definition) is 2. The van der Waals surface area contributed by atoms with Crippen LogP contribution < -0.4 is 10.0 Å². The van der Waals surface area contributed by atoms with Gasteiger partial charge in [-0.15, -0.1) is 12.4 Å². The van der Waals surface area contributed by atoms with Crippen LogP contribution in [0.1, 0.15) is 22.3 Å². The molecule has 0 saturated carbocycles. The molecule has 1 aromatic carbocycles. The van der Waals surface area contributed by atoms with Crippen molar-refractivity contribution in [1.29, 1.82) is 0 Å². The zero-order valence-corrected chi connectivity index (χ0v) is 14.7. The van der Waals surface area contributed by atoms with E-state index >= 15 is 0 Å². The number of halogens is 1. The van der Waals surface area contributed by atoms with Crippen molar-refractivity contribution in [2.75, 3.05) is 26.7 Å². The second kappa shape index (κ2) is 8.44. The highest BCUT2D eigenvalue weighted by molar-refractivity contribution is 7.89. The van der Waals surface area contributed by atoms with Gasteiger partial charge in [-0.2, -0.15) is 0 Å². The number of rotatable bonds is 5. The molecule has 128 valence electrons. The van der Waals surface area contributed by atoms with Gasteiger partial charge in [0, 0.05) is 13.1 Å². The van der Waals surface area contributed by atoms with E-state index in [1.165, 1.54) is 25.3 Å². The van der Waals surface area contributed by atoms with E-state index in [1.807, 2.05) is 6.08 Å². The Bertz CT molecular complexity index is 701. The fraction of sp³-hybridized carbons (Fsp3) is 0.400. The van der Waals surface area contributed by atoms with E-state index in [0.717, 1.165) is 25.1 Å². The van der Waals surface area contributed by atoms with Crippen LogP contribution in [0.25, 0.3) is 0 Å². The summed E-state index contributed by atoms with van der Waals surface area (Å²) in [6.07, 6.45) is 2.83. The fourth-order valence-corrected chi connectivity index (χ4v) is 3.36. The molecule has 0 spiro atoms. The summed E-state index contributed by atoms with van der Waals surface area (Å²) < 4.78 is 31.9. The molecule has 2 N–H and O–H groups in total. The van der Waals surface area contributed by atoms with Gasteiger partial charge in [0.2, 0.25) is 10.0 Å². The number of ether oxygens (including phenoxy) is 1. The Hall–Kier alpha value is -1.41. The largest absolute Gasteiger partial charge is 0.465 e. The molecule has 0 aromatic heterocycles. The van der Waals surface area contributed by atoms with Crippen molar-refractivity contribution in [2.45, 2.75) is 18.2 Å². The van der Waals surface area contributed by atoms with Gasteiger partial charge in [0.05, 0.1) is 17.6 Å². The van der Waals surface area contributed by atoms with E-state index in [4.69, 9.17) is 0 Å². The summed E-state index contributed by atoms with van der Waals surface area (Å²) in [5, 5.41) is 3.18. The van der Waals surface area contributed by atoms with Gasteiger partial charge < -0.3 is 10.1 Å².